The maximum atomic E-state index is 4.94. The lowest BCUT2D eigenvalue weighted by Crippen LogP contribution is -2.18. The standard InChI is InChI=1S/C11H18N2.C4H8O/c1-5-10-7-6-8-11(12-10)9(2)13(3)4;1-2-4-5-3-1/h6-9H,5H2,1-4H3;1-4H2/t9-;/m0./s1. The maximum Gasteiger partial charge on any atom is 0.0575 e. The number of hydrogen-bond acceptors (Lipinski definition) is 3. The van der Waals surface area contributed by atoms with E-state index in [9.17, 15) is 0 Å². The summed E-state index contributed by atoms with van der Waals surface area (Å²) in [4.78, 5) is 6.74. The Kier molecular flexibility index (Phi) is 6.91. The van der Waals surface area contributed by atoms with E-state index in [0.29, 0.717) is 6.04 Å². The van der Waals surface area contributed by atoms with Crippen LogP contribution < -0.4 is 0 Å². The molecule has 1 aromatic rings. The van der Waals surface area contributed by atoms with Gasteiger partial charge in [-0.05, 0) is 52.4 Å². The molecule has 1 aliphatic heterocycles. The zero-order chi connectivity index (χ0) is 13.4. The Morgan fingerprint density at radius 2 is 1.94 bits per heavy atom. The van der Waals surface area contributed by atoms with E-state index in [1.54, 1.807) is 0 Å². The number of ether oxygens (including phenoxy) is 1. The first-order valence-corrected chi connectivity index (χ1v) is 6.85. The van der Waals surface area contributed by atoms with Crippen LogP contribution in [0, 0.1) is 0 Å². The molecular formula is C15H26N2O. The Balaban J connectivity index is 0.000000269. The average molecular weight is 250 g/mol. The number of hydrogen-bond donors (Lipinski definition) is 0. The topological polar surface area (TPSA) is 25.4 Å². The Morgan fingerprint density at radius 1 is 1.28 bits per heavy atom. The van der Waals surface area contributed by atoms with Crippen LogP contribution in [0.2, 0.25) is 0 Å². The first kappa shape index (κ1) is 15.1. The summed E-state index contributed by atoms with van der Waals surface area (Å²) in [7, 11) is 4.15. The van der Waals surface area contributed by atoms with E-state index in [2.05, 4.69) is 56.0 Å². The number of aromatic nitrogens is 1. The molecule has 3 heteroatoms. The molecule has 0 amide bonds. The molecule has 0 bridgehead atoms. The van der Waals surface area contributed by atoms with Crippen molar-refractivity contribution in [1.82, 2.24) is 9.88 Å². The van der Waals surface area contributed by atoms with Gasteiger partial charge >= 0.3 is 0 Å². The summed E-state index contributed by atoms with van der Waals surface area (Å²) in [5.41, 5.74) is 2.33. The largest absolute Gasteiger partial charge is 0.381 e. The van der Waals surface area contributed by atoms with Crippen molar-refractivity contribution >= 4 is 0 Å². The second kappa shape index (κ2) is 8.22. The van der Waals surface area contributed by atoms with Gasteiger partial charge in [-0.15, -0.1) is 0 Å². The molecule has 1 fully saturated rings. The summed E-state index contributed by atoms with van der Waals surface area (Å²) in [5.74, 6) is 0. The molecule has 3 nitrogen and oxygen atoms in total. The zero-order valence-corrected chi connectivity index (χ0v) is 12.1. The van der Waals surface area contributed by atoms with Crippen LogP contribution in [-0.2, 0) is 11.2 Å². The van der Waals surface area contributed by atoms with E-state index in [0.717, 1.165) is 25.3 Å². The van der Waals surface area contributed by atoms with Crippen molar-refractivity contribution in [3.8, 4) is 0 Å². The Labute approximate surface area is 111 Å². The fourth-order valence-corrected chi connectivity index (χ4v) is 1.70. The van der Waals surface area contributed by atoms with E-state index in [1.807, 2.05) is 0 Å². The van der Waals surface area contributed by atoms with Crippen molar-refractivity contribution in [2.75, 3.05) is 27.3 Å². The summed E-state index contributed by atoms with van der Waals surface area (Å²) in [5, 5.41) is 0. The van der Waals surface area contributed by atoms with E-state index in [-0.39, 0.29) is 0 Å². The number of aryl methyl sites for hydroxylation is 1. The van der Waals surface area contributed by atoms with Crippen LogP contribution in [0.25, 0.3) is 0 Å². The van der Waals surface area contributed by atoms with E-state index < -0.39 is 0 Å². The number of pyridine rings is 1. The normalized spacial score (nSPS) is 16.3. The highest BCUT2D eigenvalue weighted by atomic mass is 16.5. The molecule has 0 N–H and O–H groups in total. The van der Waals surface area contributed by atoms with Crippen LogP contribution in [0.3, 0.4) is 0 Å². The third-order valence-corrected chi connectivity index (χ3v) is 3.22. The van der Waals surface area contributed by atoms with E-state index in [4.69, 9.17) is 4.74 Å². The van der Waals surface area contributed by atoms with Gasteiger partial charge in [0.15, 0.2) is 0 Å². The van der Waals surface area contributed by atoms with Crippen molar-refractivity contribution in [2.45, 2.75) is 39.2 Å². The van der Waals surface area contributed by atoms with Gasteiger partial charge in [-0.3, -0.25) is 4.98 Å². The van der Waals surface area contributed by atoms with Crippen LogP contribution >= 0.6 is 0 Å². The van der Waals surface area contributed by atoms with Gasteiger partial charge in [0.1, 0.15) is 0 Å². The summed E-state index contributed by atoms with van der Waals surface area (Å²) in [6, 6.07) is 6.64. The molecule has 0 saturated carbocycles. The maximum absolute atomic E-state index is 4.94. The molecule has 0 aliphatic carbocycles. The Bertz CT molecular complexity index is 327. The predicted molar refractivity (Wildman–Crippen MR) is 75.8 cm³/mol. The molecule has 0 radical (unpaired) electrons. The molecule has 0 unspecified atom stereocenters. The molecule has 1 aliphatic rings. The number of rotatable bonds is 3. The predicted octanol–water partition coefficient (Wildman–Crippen LogP) is 3.06. The van der Waals surface area contributed by atoms with Gasteiger partial charge in [-0.2, -0.15) is 0 Å². The molecule has 102 valence electrons. The average Bonchev–Trinajstić information content (AvgIpc) is 2.97. The van der Waals surface area contributed by atoms with Gasteiger partial charge in [0.2, 0.25) is 0 Å². The molecule has 1 aromatic heterocycles. The smallest absolute Gasteiger partial charge is 0.0575 e. The summed E-state index contributed by atoms with van der Waals surface area (Å²) in [6.45, 7) is 6.30. The minimum Gasteiger partial charge on any atom is -0.381 e. The monoisotopic (exact) mass is 250 g/mol. The van der Waals surface area contributed by atoms with E-state index >= 15 is 0 Å². The van der Waals surface area contributed by atoms with Gasteiger partial charge in [0.25, 0.3) is 0 Å². The quantitative estimate of drug-likeness (QED) is 0.824. The fraction of sp³-hybridized carbons (Fsp3) is 0.667. The highest BCUT2D eigenvalue weighted by Crippen LogP contribution is 2.14. The van der Waals surface area contributed by atoms with Gasteiger partial charge in [0, 0.05) is 24.9 Å². The lowest BCUT2D eigenvalue weighted by Gasteiger charge is -2.19. The van der Waals surface area contributed by atoms with Crippen molar-refractivity contribution in [3.05, 3.63) is 29.6 Å². The molecule has 2 rings (SSSR count). The van der Waals surface area contributed by atoms with Crippen molar-refractivity contribution in [1.29, 1.82) is 0 Å². The number of nitrogens with zero attached hydrogens (tertiary/aromatic N) is 2. The lowest BCUT2D eigenvalue weighted by atomic mass is 10.2. The van der Waals surface area contributed by atoms with Crippen LogP contribution in [-0.4, -0.2) is 37.2 Å². The van der Waals surface area contributed by atoms with E-state index in [1.165, 1.54) is 18.5 Å². The molecule has 1 atom stereocenters. The van der Waals surface area contributed by atoms with Crippen molar-refractivity contribution in [3.63, 3.8) is 0 Å². The molecule has 0 aromatic carbocycles. The minimum absolute atomic E-state index is 0.395. The third kappa shape index (κ3) is 5.15. The second-order valence-electron chi connectivity index (χ2n) is 4.87. The van der Waals surface area contributed by atoms with Crippen molar-refractivity contribution in [2.24, 2.45) is 0 Å². The highest BCUT2D eigenvalue weighted by molar-refractivity contribution is 5.13. The van der Waals surface area contributed by atoms with Gasteiger partial charge in [0.05, 0.1) is 5.69 Å². The molecule has 2 heterocycles. The third-order valence-electron chi connectivity index (χ3n) is 3.22. The molecule has 1 saturated heterocycles. The molecule has 18 heavy (non-hydrogen) atoms. The van der Waals surface area contributed by atoms with Crippen LogP contribution in [0.5, 0.6) is 0 Å². The van der Waals surface area contributed by atoms with Crippen LogP contribution in [0.15, 0.2) is 18.2 Å². The van der Waals surface area contributed by atoms with Gasteiger partial charge < -0.3 is 9.64 Å². The first-order valence-electron chi connectivity index (χ1n) is 6.85. The SMILES string of the molecule is C1CCOC1.CCc1cccc([C@H](C)N(C)C)n1. The van der Waals surface area contributed by atoms with Crippen LogP contribution in [0.4, 0.5) is 0 Å². The fourth-order valence-electron chi connectivity index (χ4n) is 1.70. The first-order chi connectivity index (χ1) is 8.65. The lowest BCUT2D eigenvalue weighted by molar-refractivity contribution is 0.198. The van der Waals surface area contributed by atoms with Crippen molar-refractivity contribution < 1.29 is 4.74 Å². The highest BCUT2D eigenvalue weighted by Gasteiger charge is 2.08. The van der Waals surface area contributed by atoms with Gasteiger partial charge in [-0.1, -0.05) is 13.0 Å². The zero-order valence-electron chi connectivity index (χ0n) is 12.1. The van der Waals surface area contributed by atoms with Crippen LogP contribution in [0.1, 0.15) is 44.1 Å². The molecular weight excluding hydrogens is 224 g/mol. The van der Waals surface area contributed by atoms with Gasteiger partial charge in [-0.25, -0.2) is 0 Å². The summed E-state index contributed by atoms with van der Waals surface area (Å²) >= 11 is 0. The summed E-state index contributed by atoms with van der Waals surface area (Å²) in [6.07, 6.45) is 3.56. The molecule has 0 spiro atoms. The minimum atomic E-state index is 0.395. The summed E-state index contributed by atoms with van der Waals surface area (Å²) < 4.78 is 4.94. The Hall–Kier alpha value is -0.930. The Morgan fingerprint density at radius 3 is 2.39 bits per heavy atom. The second-order valence-corrected chi connectivity index (χ2v) is 4.87.